The maximum atomic E-state index is 13.1. The maximum absolute atomic E-state index is 13.1. The zero-order chi connectivity index (χ0) is 29.4. The molecule has 0 aliphatic rings. The largest absolute Gasteiger partial charge is 0.472 e. The third-order valence-electron chi connectivity index (χ3n) is 5.35. The minimum Gasteiger partial charge on any atom is -0.421 e. The Labute approximate surface area is 227 Å². The fourth-order valence-corrected chi connectivity index (χ4v) is 3.53. The molecule has 0 spiro atoms. The van der Waals surface area contributed by atoms with E-state index in [4.69, 9.17) is 20.0 Å². The van der Waals surface area contributed by atoms with Crippen LogP contribution < -0.4 is 11.1 Å². The zero-order valence-electron chi connectivity index (χ0n) is 21.5. The molecular weight excluding hydrogens is 549 g/mol. The molecule has 16 nitrogen and oxygen atoms in total. The molecule has 0 aliphatic heterocycles. The van der Waals surface area contributed by atoms with E-state index in [1.807, 2.05) is 0 Å². The normalized spacial score (nSPS) is 12.0. The number of ether oxygens (including phenoxy) is 1. The first-order valence-corrected chi connectivity index (χ1v) is 13.0. The number of rotatable bonds is 9. The molecule has 6 N–H and O–H groups in total. The number of phosphoric ester groups is 1. The highest BCUT2D eigenvalue weighted by Crippen LogP contribution is 2.35. The third-order valence-corrected chi connectivity index (χ3v) is 5.79. The first-order valence-electron chi connectivity index (χ1n) is 11.5. The molecule has 0 bridgehead atoms. The summed E-state index contributed by atoms with van der Waals surface area (Å²) in [5.41, 5.74) is 7.66. The number of amides is 3. The van der Waals surface area contributed by atoms with E-state index in [-0.39, 0.29) is 29.3 Å². The summed E-state index contributed by atoms with van der Waals surface area (Å²) in [4.78, 5) is 67.8. The van der Waals surface area contributed by atoms with Gasteiger partial charge in [0.2, 0.25) is 6.79 Å². The zero-order valence-corrected chi connectivity index (χ0v) is 22.4. The molecule has 1 aromatic carbocycles. The number of aromatic nitrogens is 2. The molecule has 40 heavy (non-hydrogen) atoms. The smallest absolute Gasteiger partial charge is 0.421 e. The van der Waals surface area contributed by atoms with Crippen molar-refractivity contribution in [1.29, 1.82) is 0 Å². The van der Waals surface area contributed by atoms with Crippen molar-refractivity contribution >= 4 is 49.4 Å². The number of aromatic amines is 1. The number of hydrogen-bond acceptors (Lipinski definition) is 9. The summed E-state index contributed by atoms with van der Waals surface area (Å²) in [7, 11) is -4.87. The highest BCUT2D eigenvalue weighted by molar-refractivity contribution is 7.46. The molecule has 0 radical (unpaired) electrons. The van der Waals surface area contributed by atoms with Crippen LogP contribution in [0.4, 0.5) is 16.3 Å². The molecule has 2 heterocycles. The van der Waals surface area contributed by atoms with Crippen LogP contribution in [0.3, 0.4) is 0 Å². The van der Waals surface area contributed by atoms with E-state index in [2.05, 4.69) is 34.7 Å². The summed E-state index contributed by atoms with van der Waals surface area (Å²) in [5.74, 6) is -0.891. The Morgan fingerprint density at radius 1 is 1.27 bits per heavy atom. The number of aryl methyl sites for hydroxylation is 1. The SMILES string of the molecule is CCN(C(=O)OCOP(=O)(O)O)C(=O)c1c[nH]c(C(N=CN)=Nc2cc(C(=O)Nc3ccon3)ccc2C)c1C. The van der Waals surface area contributed by atoms with Gasteiger partial charge in [0.25, 0.3) is 11.8 Å². The Morgan fingerprint density at radius 3 is 2.65 bits per heavy atom. The van der Waals surface area contributed by atoms with E-state index >= 15 is 0 Å². The predicted molar refractivity (Wildman–Crippen MR) is 141 cm³/mol. The standard InChI is InChI=1S/C23H26N7O9P/c1-4-30(23(33)37-12-39-40(34,35)36)22(32)16-10-25-19(14(16)3)20(26-11-24)27-17-9-15(6-5-13(17)2)21(31)28-18-7-8-38-29-18/h5-11,25H,4,12H2,1-3H3,(H2,24,26,27)(H,28,29,31)(H2,34,35,36). The fraction of sp³-hybridized carbons (Fsp3) is 0.217. The van der Waals surface area contributed by atoms with Crippen LogP contribution in [0.1, 0.15) is 44.5 Å². The highest BCUT2D eigenvalue weighted by atomic mass is 31.2. The first-order chi connectivity index (χ1) is 18.9. The summed E-state index contributed by atoms with van der Waals surface area (Å²) in [6.45, 7) is 3.70. The van der Waals surface area contributed by atoms with Gasteiger partial charge in [0.15, 0.2) is 11.7 Å². The molecule has 0 saturated heterocycles. The van der Waals surface area contributed by atoms with E-state index in [1.54, 1.807) is 26.0 Å². The number of phosphoric acid groups is 1. The lowest BCUT2D eigenvalue weighted by Crippen LogP contribution is -2.37. The first kappa shape index (κ1) is 29.9. The van der Waals surface area contributed by atoms with Crippen LogP contribution in [0.15, 0.2) is 51.2 Å². The predicted octanol–water partition coefficient (Wildman–Crippen LogP) is 2.60. The van der Waals surface area contributed by atoms with Gasteiger partial charge in [0, 0.05) is 24.4 Å². The quantitative estimate of drug-likeness (QED) is 0.108. The number of aliphatic imine (C=N–C) groups is 2. The number of imide groups is 1. The van der Waals surface area contributed by atoms with Crippen molar-refractivity contribution in [1.82, 2.24) is 15.0 Å². The number of benzene rings is 1. The molecule has 3 aromatic rings. The number of hydrogen-bond donors (Lipinski definition) is 5. The summed E-state index contributed by atoms with van der Waals surface area (Å²) >= 11 is 0. The molecule has 212 valence electrons. The van der Waals surface area contributed by atoms with Gasteiger partial charge in [-0.3, -0.25) is 9.59 Å². The lowest BCUT2D eigenvalue weighted by molar-refractivity contribution is 0.0210. The molecule has 3 amide bonds. The van der Waals surface area contributed by atoms with Crippen molar-refractivity contribution in [2.45, 2.75) is 20.8 Å². The Kier molecular flexibility index (Phi) is 9.68. The van der Waals surface area contributed by atoms with Gasteiger partial charge in [0.05, 0.1) is 23.3 Å². The number of anilines is 1. The highest BCUT2D eigenvalue weighted by Gasteiger charge is 2.27. The number of nitrogens with zero attached hydrogens (tertiary/aromatic N) is 4. The minimum atomic E-state index is -4.87. The van der Waals surface area contributed by atoms with Crippen LogP contribution in [-0.4, -0.2) is 68.2 Å². The molecule has 0 unspecified atom stereocenters. The molecule has 17 heteroatoms. The van der Waals surface area contributed by atoms with Crippen molar-refractivity contribution in [2.24, 2.45) is 15.7 Å². The number of H-pyrrole nitrogens is 1. The number of nitrogens with one attached hydrogen (secondary N) is 2. The number of amidine groups is 1. The van der Waals surface area contributed by atoms with E-state index in [0.717, 1.165) is 6.34 Å². The van der Waals surface area contributed by atoms with Gasteiger partial charge in [0.1, 0.15) is 6.26 Å². The molecule has 0 fully saturated rings. The van der Waals surface area contributed by atoms with Crippen molar-refractivity contribution in [3.8, 4) is 0 Å². The van der Waals surface area contributed by atoms with E-state index in [1.165, 1.54) is 31.5 Å². The second-order valence-corrected chi connectivity index (χ2v) is 9.19. The van der Waals surface area contributed by atoms with Gasteiger partial charge >= 0.3 is 13.9 Å². The van der Waals surface area contributed by atoms with Crippen LogP contribution >= 0.6 is 7.82 Å². The minimum absolute atomic E-state index is 0.0714. The number of carbonyl (C=O) groups is 3. The average molecular weight is 575 g/mol. The summed E-state index contributed by atoms with van der Waals surface area (Å²) in [6.07, 6.45) is 2.49. The van der Waals surface area contributed by atoms with Crippen LogP contribution in [0.25, 0.3) is 0 Å². The average Bonchev–Trinajstić information content (AvgIpc) is 3.54. The summed E-state index contributed by atoms with van der Waals surface area (Å²) < 4.78 is 24.2. The van der Waals surface area contributed by atoms with Gasteiger partial charge < -0.3 is 35.1 Å². The lowest BCUT2D eigenvalue weighted by atomic mass is 10.1. The summed E-state index contributed by atoms with van der Waals surface area (Å²) in [5, 5.41) is 6.24. The van der Waals surface area contributed by atoms with Crippen LogP contribution in [-0.2, 0) is 13.8 Å². The second-order valence-electron chi connectivity index (χ2n) is 7.95. The molecule has 0 atom stereocenters. The Balaban J connectivity index is 1.88. The van der Waals surface area contributed by atoms with E-state index in [9.17, 15) is 18.9 Å². The van der Waals surface area contributed by atoms with Crippen molar-refractivity contribution < 1.29 is 42.5 Å². The maximum Gasteiger partial charge on any atom is 0.472 e. The monoisotopic (exact) mass is 575 g/mol. The Hall–Kier alpha value is -4.63. The van der Waals surface area contributed by atoms with Gasteiger partial charge in [-0.1, -0.05) is 11.2 Å². The van der Waals surface area contributed by atoms with Crippen molar-refractivity contribution in [3.63, 3.8) is 0 Å². The Bertz CT molecular complexity index is 1490. The third kappa shape index (κ3) is 7.48. The Morgan fingerprint density at radius 2 is 2.02 bits per heavy atom. The fourth-order valence-electron chi connectivity index (χ4n) is 3.34. The van der Waals surface area contributed by atoms with Gasteiger partial charge in [-0.05, 0) is 44.0 Å². The number of nitrogens with two attached hydrogens (primary N) is 1. The van der Waals surface area contributed by atoms with Gasteiger partial charge in [-0.15, -0.1) is 0 Å². The van der Waals surface area contributed by atoms with Crippen molar-refractivity contribution in [2.75, 3.05) is 18.7 Å². The lowest BCUT2D eigenvalue weighted by Gasteiger charge is -2.18. The molecule has 3 rings (SSSR count). The van der Waals surface area contributed by atoms with E-state index < -0.39 is 32.5 Å². The second kappa shape index (κ2) is 12.9. The van der Waals surface area contributed by atoms with Crippen LogP contribution in [0, 0.1) is 13.8 Å². The van der Waals surface area contributed by atoms with Gasteiger partial charge in [-0.2, -0.15) is 0 Å². The molecule has 2 aromatic heterocycles. The summed E-state index contributed by atoms with van der Waals surface area (Å²) in [6, 6.07) is 6.32. The van der Waals surface area contributed by atoms with Crippen LogP contribution in [0.2, 0.25) is 0 Å². The molecular formula is C23H26N7O9P. The molecule has 0 saturated carbocycles. The van der Waals surface area contributed by atoms with E-state index in [0.29, 0.717) is 27.4 Å². The van der Waals surface area contributed by atoms with Crippen LogP contribution in [0.5, 0.6) is 0 Å². The molecule has 0 aliphatic carbocycles. The number of carbonyl (C=O) groups excluding carboxylic acids is 3. The van der Waals surface area contributed by atoms with Crippen molar-refractivity contribution in [3.05, 3.63) is 64.7 Å². The topological polar surface area (TPSA) is 235 Å². The van der Waals surface area contributed by atoms with Gasteiger partial charge in [-0.25, -0.2) is 28.8 Å².